The van der Waals surface area contributed by atoms with Crippen molar-refractivity contribution in [3.05, 3.63) is 0 Å². The predicted molar refractivity (Wildman–Crippen MR) is 56.1 cm³/mol. The Labute approximate surface area is 86.0 Å². The van der Waals surface area contributed by atoms with E-state index in [-0.39, 0.29) is 0 Å². The van der Waals surface area contributed by atoms with Crippen LogP contribution in [0.4, 0.5) is 0 Å². The molecule has 3 N–H and O–H groups in total. The van der Waals surface area contributed by atoms with Crippen LogP contribution in [0.1, 0.15) is 12.8 Å². The molecule has 0 aliphatic heterocycles. The van der Waals surface area contributed by atoms with Crippen LogP contribution in [-0.4, -0.2) is 56.0 Å². The second-order valence-corrected chi connectivity index (χ2v) is 4.17. The number of rotatable bonds is 8. The number of likely N-dealkylation sites (N-methyl/N-ethyl adjacent to an activating group) is 1. The Morgan fingerprint density at radius 3 is 2.86 bits per heavy atom. The molecule has 0 aromatic carbocycles. The van der Waals surface area contributed by atoms with E-state index in [9.17, 15) is 5.11 Å². The van der Waals surface area contributed by atoms with Gasteiger partial charge in [-0.25, -0.2) is 0 Å². The third-order valence-electron chi connectivity index (χ3n) is 2.46. The SMILES string of the molecule is CN(CCOCC1CC1)CC(O)CN. The number of hydrogen-bond donors (Lipinski definition) is 2. The van der Waals surface area contributed by atoms with Crippen molar-refractivity contribution in [2.45, 2.75) is 18.9 Å². The predicted octanol–water partition coefficient (Wildman–Crippen LogP) is -0.336. The van der Waals surface area contributed by atoms with Crippen LogP contribution in [0.3, 0.4) is 0 Å². The molecule has 1 saturated carbocycles. The topological polar surface area (TPSA) is 58.7 Å². The van der Waals surface area contributed by atoms with Crippen LogP contribution in [-0.2, 0) is 4.74 Å². The van der Waals surface area contributed by atoms with Crippen LogP contribution in [0.25, 0.3) is 0 Å². The van der Waals surface area contributed by atoms with Gasteiger partial charge in [-0.1, -0.05) is 0 Å². The molecule has 4 nitrogen and oxygen atoms in total. The van der Waals surface area contributed by atoms with E-state index in [1.807, 2.05) is 11.9 Å². The highest BCUT2D eigenvalue weighted by Crippen LogP contribution is 2.28. The van der Waals surface area contributed by atoms with Gasteiger partial charge in [0.15, 0.2) is 0 Å². The summed E-state index contributed by atoms with van der Waals surface area (Å²) in [4.78, 5) is 2.05. The average molecular weight is 202 g/mol. The van der Waals surface area contributed by atoms with Gasteiger partial charge in [-0.15, -0.1) is 0 Å². The van der Waals surface area contributed by atoms with E-state index < -0.39 is 6.10 Å². The third kappa shape index (κ3) is 5.54. The summed E-state index contributed by atoms with van der Waals surface area (Å²) in [6.45, 7) is 3.48. The number of nitrogens with zero attached hydrogens (tertiary/aromatic N) is 1. The summed E-state index contributed by atoms with van der Waals surface area (Å²) in [5.74, 6) is 0.829. The molecule has 1 atom stereocenters. The summed E-state index contributed by atoms with van der Waals surface area (Å²) in [5, 5.41) is 9.28. The Bertz CT molecular complexity index is 151. The molecule has 1 unspecified atom stereocenters. The average Bonchev–Trinajstić information content (AvgIpc) is 2.96. The van der Waals surface area contributed by atoms with Gasteiger partial charge in [0.25, 0.3) is 0 Å². The van der Waals surface area contributed by atoms with Gasteiger partial charge in [-0.2, -0.15) is 0 Å². The fourth-order valence-corrected chi connectivity index (χ4v) is 1.28. The molecule has 0 spiro atoms. The third-order valence-corrected chi connectivity index (χ3v) is 2.46. The van der Waals surface area contributed by atoms with Crippen LogP contribution in [0.5, 0.6) is 0 Å². The molecule has 1 fully saturated rings. The first kappa shape index (κ1) is 11.9. The smallest absolute Gasteiger partial charge is 0.0789 e. The quantitative estimate of drug-likeness (QED) is 0.529. The summed E-state index contributed by atoms with van der Waals surface area (Å²) in [6, 6.07) is 0. The first-order valence-electron chi connectivity index (χ1n) is 5.36. The number of ether oxygens (including phenoxy) is 1. The minimum atomic E-state index is -0.413. The molecule has 1 aliphatic carbocycles. The molecule has 1 aliphatic rings. The van der Waals surface area contributed by atoms with E-state index in [1.54, 1.807) is 0 Å². The first-order valence-corrected chi connectivity index (χ1v) is 5.36. The number of hydrogen-bond acceptors (Lipinski definition) is 4. The molecule has 0 saturated heterocycles. The number of nitrogens with two attached hydrogens (primary N) is 1. The molecule has 14 heavy (non-hydrogen) atoms. The highest BCUT2D eigenvalue weighted by Gasteiger charge is 2.20. The Hall–Kier alpha value is -0.160. The number of aliphatic hydroxyl groups is 1. The zero-order valence-corrected chi connectivity index (χ0v) is 8.98. The van der Waals surface area contributed by atoms with Crippen LogP contribution < -0.4 is 5.73 Å². The molecule has 84 valence electrons. The monoisotopic (exact) mass is 202 g/mol. The fourth-order valence-electron chi connectivity index (χ4n) is 1.28. The molecule has 0 radical (unpaired) electrons. The van der Waals surface area contributed by atoms with Gasteiger partial charge in [-0.3, -0.25) is 0 Å². The lowest BCUT2D eigenvalue weighted by Crippen LogP contribution is -2.35. The highest BCUT2D eigenvalue weighted by atomic mass is 16.5. The Morgan fingerprint density at radius 1 is 1.57 bits per heavy atom. The van der Waals surface area contributed by atoms with Gasteiger partial charge in [0, 0.05) is 26.2 Å². The molecular weight excluding hydrogens is 180 g/mol. The van der Waals surface area contributed by atoms with E-state index in [0.29, 0.717) is 13.1 Å². The van der Waals surface area contributed by atoms with Crippen LogP contribution in [0.15, 0.2) is 0 Å². The molecule has 0 amide bonds. The minimum absolute atomic E-state index is 0.327. The van der Waals surface area contributed by atoms with Crippen molar-refractivity contribution in [3.8, 4) is 0 Å². The summed E-state index contributed by atoms with van der Waals surface area (Å²) in [6.07, 6.45) is 2.26. The molecule has 0 aromatic heterocycles. The summed E-state index contributed by atoms with van der Waals surface area (Å²) >= 11 is 0. The van der Waals surface area contributed by atoms with Crippen molar-refractivity contribution in [1.29, 1.82) is 0 Å². The lowest BCUT2D eigenvalue weighted by molar-refractivity contribution is 0.0818. The maximum atomic E-state index is 9.28. The Kier molecular flexibility index (Phi) is 5.40. The van der Waals surface area contributed by atoms with Gasteiger partial charge < -0.3 is 20.5 Å². The molecule has 0 bridgehead atoms. The first-order chi connectivity index (χ1) is 6.72. The molecule has 1 rings (SSSR count). The van der Waals surface area contributed by atoms with Crippen molar-refractivity contribution in [2.75, 3.05) is 39.9 Å². The van der Waals surface area contributed by atoms with E-state index in [2.05, 4.69) is 0 Å². The summed E-state index contributed by atoms with van der Waals surface area (Å²) in [7, 11) is 1.97. The molecule has 0 aromatic rings. The molecule has 0 heterocycles. The van der Waals surface area contributed by atoms with E-state index >= 15 is 0 Å². The van der Waals surface area contributed by atoms with Crippen molar-refractivity contribution in [2.24, 2.45) is 11.7 Å². The van der Waals surface area contributed by atoms with E-state index in [0.717, 1.165) is 25.7 Å². The van der Waals surface area contributed by atoms with Gasteiger partial charge in [0.1, 0.15) is 0 Å². The van der Waals surface area contributed by atoms with Gasteiger partial charge in [0.2, 0.25) is 0 Å². The zero-order chi connectivity index (χ0) is 10.4. The maximum absolute atomic E-state index is 9.28. The Morgan fingerprint density at radius 2 is 2.29 bits per heavy atom. The van der Waals surface area contributed by atoms with Crippen molar-refractivity contribution in [3.63, 3.8) is 0 Å². The second kappa shape index (κ2) is 6.35. The summed E-state index contributed by atoms with van der Waals surface area (Å²) < 4.78 is 5.49. The van der Waals surface area contributed by atoms with Crippen LogP contribution >= 0.6 is 0 Å². The largest absolute Gasteiger partial charge is 0.390 e. The standard InChI is InChI=1S/C10H22N2O2/c1-12(7-10(13)6-11)4-5-14-8-9-2-3-9/h9-10,13H,2-8,11H2,1H3. The normalized spacial score (nSPS) is 18.9. The zero-order valence-electron chi connectivity index (χ0n) is 8.98. The van der Waals surface area contributed by atoms with Gasteiger partial charge in [-0.05, 0) is 25.8 Å². The number of aliphatic hydroxyl groups excluding tert-OH is 1. The van der Waals surface area contributed by atoms with Crippen molar-refractivity contribution in [1.82, 2.24) is 4.90 Å². The van der Waals surface area contributed by atoms with E-state index in [4.69, 9.17) is 10.5 Å². The van der Waals surface area contributed by atoms with Crippen LogP contribution in [0.2, 0.25) is 0 Å². The maximum Gasteiger partial charge on any atom is 0.0789 e. The lowest BCUT2D eigenvalue weighted by Gasteiger charge is -2.19. The van der Waals surface area contributed by atoms with Gasteiger partial charge >= 0.3 is 0 Å². The lowest BCUT2D eigenvalue weighted by atomic mass is 10.3. The highest BCUT2D eigenvalue weighted by molar-refractivity contribution is 4.72. The second-order valence-electron chi connectivity index (χ2n) is 4.17. The Balaban J connectivity index is 1.88. The summed E-state index contributed by atoms with van der Waals surface area (Å²) in [5.41, 5.74) is 5.32. The molecule has 4 heteroatoms. The van der Waals surface area contributed by atoms with Gasteiger partial charge in [0.05, 0.1) is 12.7 Å². The van der Waals surface area contributed by atoms with Crippen molar-refractivity contribution < 1.29 is 9.84 Å². The van der Waals surface area contributed by atoms with Crippen molar-refractivity contribution >= 4 is 0 Å². The van der Waals surface area contributed by atoms with E-state index in [1.165, 1.54) is 12.8 Å². The van der Waals surface area contributed by atoms with Crippen LogP contribution in [0, 0.1) is 5.92 Å². The minimum Gasteiger partial charge on any atom is -0.390 e. The molecular formula is C10H22N2O2. The fraction of sp³-hybridized carbons (Fsp3) is 1.00.